The third-order valence-electron chi connectivity index (χ3n) is 5.68. The van der Waals surface area contributed by atoms with Gasteiger partial charge in [0.15, 0.2) is 6.61 Å². The van der Waals surface area contributed by atoms with Gasteiger partial charge in [-0.3, -0.25) is 4.79 Å². The molecule has 0 N–H and O–H groups in total. The standard InChI is InChI=1S/C24H29NO6S/c1-4-17-8-9-18(5-2)20(14-17)21(26)16-31-24(27)19-10-11-22(30-3)23(15-19)32(28,29)25-12-6-7-13-25/h8-11,14-15H,4-7,12-13,16H2,1-3H3. The average molecular weight is 460 g/mol. The van der Waals surface area contributed by atoms with Crippen LogP contribution in [0.1, 0.15) is 58.5 Å². The molecule has 2 aromatic carbocycles. The van der Waals surface area contributed by atoms with Crippen molar-refractivity contribution in [2.24, 2.45) is 0 Å². The molecule has 1 heterocycles. The summed E-state index contributed by atoms with van der Waals surface area (Å²) in [6.07, 6.45) is 3.08. The quantitative estimate of drug-likeness (QED) is 0.420. The van der Waals surface area contributed by atoms with Gasteiger partial charge < -0.3 is 9.47 Å². The van der Waals surface area contributed by atoms with Crippen LogP contribution in [0.15, 0.2) is 41.3 Å². The summed E-state index contributed by atoms with van der Waals surface area (Å²) in [4.78, 5) is 25.3. The van der Waals surface area contributed by atoms with Crippen molar-refractivity contribution in [3.8, 4) is 5.75 Å². The summed E-state index contributed by atoms with van der Waals surface area (Å²) in [7, 11) is -2.42. The summed E-state index contributed by atoms with van der Waals surface area (Å²) in [5.74, 6) is -0.888. The number of Topliss-reactive ketones (excluding diaryl/α,β-unsaturated/α-hetero) is 1. The summed E-state index contributed by atoms with van der Waals surface area (Å²) in [5.41, 5.74) is 2.52. The van der Waals surface area contributed by atoms with Gasteiger partial charge in [0, 0.05) is 18.7 Å². The number of carbonyl (C=O) groups excluding carboxylic acids is 2. The molecule has 1 saturated heterocycles. The molecule has 8 heteroatoms. The van der Waals surface area contributed by atoms with Crippen molar-refractivity contribution in [2.45, 2.75) is 44.4 Å². The molecule has 1 aliphatic rings. The normalized spacial score (nSPS) is 14.3. The predicted molar refractivity (Wildman–Crippen MR) is 121 cm³/mol. The molecule has 0 saturated carbocycles. The number of carbonyl (C=O) groups is 2. The van der Waals surface area contributed by atoms with Crippen molar-refractivity contribution in [3.05, 3.63) is 58.7 Å². The zero-order valence-electron chi connectivity index (χ0n) is 18.7. The van der Waals surface area contributed by atoms with E-state index < -0.39 is 22.6 Å². The average Bonchev–Trinajstić information content (AvgIpc) is 3.37. The van der Waals surface area contributed by atoms with Gasteiger partial charge in [0.1, 0.15) is 10.6 Å². The molecule has 7 nitrogen and oxygen atoms in total. The highest BCUT2D eigenvalue weighted by Gasteiger charge is 2.31. The largest absolute Gasteiger partial charge is 0.495 e. The van der Waals surface area contributed by atoms with E-state index in [1.54, 1.807) is 0 Å². The summed E-state index contributed by atoms with van der Waals surface area (Å²) in [6.45, 7) is 4.42. The third-order valence-corrected chi connectivity index (χ3v) is 7.60. The van der Waals surface area contributed by atoms with Crippen LogP contribution in [-0.4, -0.2) is 51.3 Å². The van der Waals surface area contributed by atoms with Gasteiger partial charge in [-0.25, -0.2) is 13.2 Å². The van der Waals surface area contributed by atoms with E-state index in [4.69, 9.17) is 9.47 Å². The molecule has 0 atom stereocenters. The zero-order valence-corrected chi connectivity index (χ0v) is 19.5. The molecule has 0 aliphatic carbocycles. The predicted octanol–water partition coefficient (Wildman–Crippen LogP) is 3.64. The minimum atomic E-state index is -3.79. The fourth-order valence-corrected chi connectivity index (χ4v) is 5.47. The number of methoxy groups -OCH3 is 1. The number of benzene rings is 2. The number of nitrogens with zero attached hydrogens (tertiary/aromatic N) is 1. The van der Waals surface area contributed by atoms with Crippen LogP contribution in [0.5, 0.6) is 5.75 Å². The van der Waals surface area contributed by atoms with E-state index >= 15 is 0 Å². The summed E-state index contributed by atoms with van der Waals surface area (Å²) in [5, 5.41) is 0. The molecule has 0 unspecified atom stereocenters. The fourth-order valence-electron chi connectivity index (χ4n) is 3.78. The number of hydrogen-bond acceptors (Lipinski definition) is 6. The second-order valence-electron chi connectivity index (χ2n) is 7.67. The lowest BCUT2D eigenvalue weighted by Gasteiger charge is -2.18. The van der Waals surface area contributed by atoms with Gasteiger partial charge in [-0.15, -0.1) is 0 Å². The van der Waals surface area contributed by atoms with Crippen LogP contribution < -0.4 is 4.74 Å². The minimum absolute atomic E-state index is 0.0504. The number of sulfonamides is 1. The number of hydrogen-bond donors (Lipinski definition) is 0. The van der Waals surface area contributed by atoms with E-state index in [9.17, 15) is 18.0 Å². The molecule has 0 amide bonds. The van der Waals surface area contributed by atoms with E-state index in [1.807, 2.05) is 32.0 Å². The van der Waals surface area contributed by atoms with E-state index in [0.29, 0.717) is 25.1 Å². The van der Waals surface area contributed by atoms with Crippen molar-refractivity contribution < 1.29 is 27.5 Å². The Bertz CT molecular complexity index is 1100. The Morgan fingerprint density at radius 3 is 2.34 bits per heavy atom. The van der Waals surface area contributed by atoms with Crippen LogP contribution in [0.3, 0.4) is 0 Å². The van der Waals surface area contributed by atoms with E-state index in [1.165, 1.54) is 29.6 Å². The highest BCUT2D eigenvalue weighted by atomic mass is 32.2. The van der Waals surface area contributed by atoms with Crippen LogP contribution in [0.25, 0.3) is 0 Å². The van der Waals surface area contributed by atoms with E-state index in [-0.39, 0.29) is 22.0 Å². The molecule has 1 aliphatic heterocycles. The Balaban J connectivity index is 1.79. The number of ether oxygens (including phenoxy) is 2. The molecule has 32 heavy (non-hydrogen) atoms. The SMILES string of the molecule is CCc1ccc(CC)c(C(=O)COC(=O)c2ccc(OC)c(S(=O)(=O)N3CCCC3)c2)c1. The van der Waals surface area contributed by atoms with Gasteiger partial charge in [-0.2, -0.15) is 4.31 Å². The van der Waals surface area contributed by atoms with Gasteiger partial charge >= 0.3 is 5.97 Å². The third kappa shape index (κ3) is 5.02. The van der Waals surface area contributed by atoms with Gasteiger partial charge in [-0.1, -0.05) is 26.0 Å². The van der Waals surface area contributed by atoms with E-state index in [0.717, 1.165) is 30.4 Å². The summed E-state index contributed by atoms with van der Waals surface area (Å²) in [6, 6.07) is 9.87. The monoisotopic (exact) mass is 459 g/mol. The van der Waals surface area contributed by atoms with Crippen LogP contribution in [0.4, 0.5) is 0 Å². The van der Waals surface area contributed by atoms with Gasteiger partial charge in [0.05, 0.1) is 12.7 Å². The molecule has 1 fully saturated rings. The first-order valence-corrected chi connectivity index (χ1v) is 12.3. The second kappa shape index (κ2) is 10.3. The maximum atomic E-state index is 13.0. The van der Waals surface area contributed by atoms with Gasteiger partial charge in [-0.05, 0) is 61.1 Å². The molecular weight excluding hydrogens is 430 g/mol. The Kier molecular flexibility index (Phi) is 7.69. The smallest absolute Gasteiger partial charge is 0.338 e. The number of ketones is 1. The number of esters is 1. The van der Waals surface area contributed by atoms with Crippen molar-refractivity contribution in [1.29, 1.82) is 0 Å². The second-order valence-corrected chi connectivity index (χ2v) is 9.58. The Morgan fingerprint density at radius 1 is 1.00 bits per heavy atom. The lowest BCUT2D eigenvalue weighted by molar-refractivity contribution is 0.0474. The van der Waals surface area contributed by atoms with Crippen LogP contribution >= 0.6 is 0 Å². The molecule has 2 aromatic rings. The van der Waals surface area contributed by atoms with Crippen LogP contribution in [-0.2, 0) is 27.6 Å². The molecule has 3 rings (SSSR count). The highest BCUT2D eigenvalue weighted by molar-refractivity contribution is 7.89. The van der Waals surface area contributed by atoms with Gasteiger partial charge in [0.25, 0.3) is 0 Å². The van der Waals surface area contributed by atoms with Crippen molar-refractivity contribution >= 4 is 21.8 Å². The Morgan fingerprint density at radius 2 is 1.72 bits per heavy atom. The molecule has 0 aromatic heterocycles. The maximum absolute atomic E-state index is 13.0. The Labute approximate surface area is 189 Å². The number of rotatable bonds is 9. The lowest BCUT2D eigenvalue weighted by Crippen LogP contribution is -2.28. The molecule has 172 valence electrons. The summed E-state index contributed by atoms with van der Waals surface area (Å²) < 4.78 is 37.9. The minimum Gasteiger partial charge on any atom is -0.495 e. The molecule has 0 radical (unpaired) electrons. The van der Waals surface area contributed by atoms with Crippen LogP contribution in [0.2, 0.25) is 0 Å². The zero-order chi connectivity index (χ0) is 23.3. The fraction of sp³-hybridized carbons (Fsp3) is 0.417. The van der Waals surface area contributed by atoms with Gasteiger partial charge in [0.2, 0.25) is 15.8 Å². The Hall–Kier alpha value is -2.71. The first-order chi connectivity index (χ1) is 15.3. The first kappa shape index (κ1) is 23.9. The van der Waals surface area contributed by atoms with Crippen molar-refractivity contribution in [3.63, 3.8) is 0 Å². The van der Waals surface area contributed by atoms with Crippen molar-refractivity contribution in [1.82, 2.24) is 4.31 Å². The topological polar surface area (TPSA) is 90.0 Å². The maximum Gasteiger partial charge on any atom is 0.338 e. The van der Waals surface area contributed by atoms with E-state index in [2.05, 4.69) is 0 Å². The first-order valence-electron chi connectivity index (χ1n) is 10.8. The molecule has 0 bridgehead atoms. The van der Waals surface area contributed by atoms with Crippen LogP contribution in [0, 0.1) is 0 Å². The van der Waals surface area contributed by atoms with Crippen molar-refractivity contribution in [2.75, 3.05) is 26.8 Å². The number of aryl methyl sites for hydroxylation is 2. The highest BCUT2D eigenvalue weighted by Crippen LogP contribution is 2.30. The summed E-state index contributed by atoms with van der Waals surface area (Å²) >= 11 is 0. The molecular formula is C24H29NO6S. The molecule has 0 spiro atoms. The lowest BCUT2D eigenvalue weighted by atomic mass is 9.98.